The Morgan fingerprint density at radius 1 is 1.64 bits per heavy atom. The van der Waals surface area contributed by atoms with Gasteiger partial charge in [0.2, 0.25) is 0 Å². The van der Waals surface area contributed by atoms with Crippen LogP contribution in [0.2, 0.25) is 5.15 Å². The number of nitrogens with one attached hydrogen (secondary N) is 1. The number of hydrogen-bond donors (Lipinski definition) is 1. The van der Waals surface area contributed by atoms with Crippen LogP contribution in [-0.2, 0) is 4.79 Å². The van der Waals surface area contributed by atoms with Gasteiger partial charge in [-0.3, -0.25) is 4.79 Å². The Labute approximate surface area is 86.3 Å². The summed E-state index contributed by atoms with van der Waals surface area (Å²) in [6.07, 6.45) is -1.54. The van der Waals surface area contributed by atoms with Crippen LogP contribution >= 0.6 is 11.6 Å². The third kappa shape index (κ3) is 2.96. The zero-order valence-corrected chi connectivity index (χ0v) is 8.60. The number of anilines is 1. The van der Waals surface area contributed by atoms with Gasteiger partial charge in [0.05, 0.1) is 0 Å². The normalized spacial score (nSPS) is 12.3. The zero-order valence-electron chi connectivity index (χ0n) is 7.84. The second kappa shape index (κ2) is 4.37. The Balaban J connectivity index is 2.82. The van der Waals surface area contributed by atoms with E-state index in [1.165, 1.54) is 13.0 Å². The first-order valence-corrected chi connectivity index (χ1v) is 4.46. The van der Waals surface area contributed by atoms with E-state index in [1.54, 1.807) is 13.0 Å². The van der Waals surface area contributed by atoms with Crippen molar-refractivity contribution in [3.05, 3.63) is 23.0 Å². The highest BCUT2D eigenvalue weighted by Gasteiger charge is 2.11. The molecule has 1 aromatic rings. The molecule has 5 heteroatoms. The molecule has 0 aromatic carbocycles. The SMILES string of the molecule is Cc1cc(NC(=O)C(C)F)cc(Cl)n1. The lowest BCUT2D eigenvalue weighted by Gasteiger charge is -2.06. The molecular formula is C9H10ClFN2O. The molecule has 3 nitrogen and oxygen atoms in total. The Morgan fingerprint density at radius 3 is 2.79 bits per heavy atom. The predicted octanol–water partition coefficient (Wildman–Crippen LogP) is 2.34. The van der Waals surface area contributed by atoms with E-state index < -0.39 is 12.1 Å². The van der Waals surface area contributed by atoms with Crippen molar-refractivity contribution in [1.29, 1.82) is 0 Å². The van der Waals surface area contributed by atoms with Crippen LogP contribution < -0.4 is 5.32 Å². The summed E-state index contributed by atoms with van der Waals surface area (Å²) in [5, 5.41) is 2.65. The van der Waals surface area contributed by atoms with Gasteiger partial charge in [-0.2, -0.15) is 0 Å². The summed E-state index contributed by atoms with van der Waals surface area (Å²) in [5.74, 6) is -0.688. The summed E-state index contributed by atoms with van der Waals surface area (Å²) in [7, 11) is 0. The van der Waals surface area contributed by atoms with Crippen molar-refractivity contribution in [2.75, 3.05) is 5.32 Å². The number of nitrogens with zero attached hydrogens (tertiary/aromatic N) is 1. The van der Waals surface area contributed by atoms with Crippen molar-refractivity contribution < 1.29 is 9.18 Å². The molecule has 0 fully saturated rings. The number of carbonyl (C=O) groups is 1. The van der Waals surface area contributed by atoms with Gasteiger partial charge in [0, 0.05) is 11.4 Å². The maximum Gasteiger partial charge on any atom is 0.258 e. The van der Waals surface area contributed by atoms with Crippen molar-refractivity contribution in [2.45, 2.75) is 20.0 Å². The maximum atomic E-state index is 12.5. The molecule has 0 aliphatic rings. The highest BCUT2D eigenvalue weighted by molar-refractivity contribution is 6.29. The molecule has 0 spiro atoms. The second-order valence-corrected chi connectivity index (χ2v) is 3.31. The lowest BCUT2D eigenvalue weighted by atomic mass is 10.3. The molecule has 0 radical (unpaired) electrons. The summed E-state index contributed by atoms with van der Waals surface area (Å²) < 4.78 is 12.5. The van der Waals surface area contributed by atoms with Crippen LogP contribution in [0.1, 0.15) is 12.6 Å². The van der Waals surface area contributed by atoms with Crippen molar-refractivity contribution in [2.24, 2.45) is 0 Å². The standard InChI is InChI=1S/C9H10ClFN2O/c1-5-3-7(4-8(10)12-5)13-9(14)6(2)11/h3-4,6H,1-2H3,(H,12,13,14). The number of carbonyl (C=O) groups excluding carboxylic acids is 1. The first kappa shape index (κ1) is 10.9. The molecule has 1 aromatic heterocycles. The highest BCUT2D eigenvalue weighted by atomic mass is 35.5. The molecule has 14 heavy (non-hydrogen) atoms. The second-order valence-electron chi connectivity index (χ2n) is 2.93. The third-order valence-corrected chi connectivity index (χ3v) is 1.74. The molecule has 1 atom stereocenters. The molecule has 1 amide bonds. The van der Waals surface area contributed by atoms with Gasteiger partial charge in [-0.05, 0) is 26.0 Å². The molecule has 0 saturated heterocycles. The number of rotatable bonds is 2. The van der Waals surface area contributed by atoms with E-state index in [0.717, 1.165) is 0 Å². The van der Waals surface area contributed by atoms with E-state index >= 15 is 0 Å². The van der Waals surface area contributed by atoms with Crippen molar-refractivity contribution in [3.63, 3.8) is 0 Å². The molecule has 1 N–H and O–H groups in total. The number of aryl methyl sites for hydroxylation is 1. The predicted molar refractivity (Wildman–Crippen MR) is 53.2 cm³/mol. The highest BCUT2D eigenvalue weighted by Crippen LogP contribution is 2.15. The summed E-state index contributed by atoms with van der Waals surface area (Å²) >= 11 is 5.66. The smallest absolute Gasteiger partial charge is 0.258 e. The topological polar surface area (TPSA) is 42.0 Å². The average Bonchev–Trinajstić information content (AvgIpc) is 2.01. The first-order valence-electron chi connectivity index (χ1n) is 4.08. The van der Waals surface area contributed by atoms with Gasteiger partial charge in [0.15, 0.2) is 6.17 Å². The van der Waals surface area contributed by atoms with Crippen LogP contribution in [0.25, 0.3) is 0 Å². The van der Waals surface area contributed by atoms with Crippen LogP contribution in [0.4, 0.5) is 10.1 Å². The van der Waals surface area contributed by atoms with Gasteiger partial charge in [-0.1, -0.05) is 11.6 Å². The minimum Gasteiger partial charge on any atom is -0.323 e. The number of amides is 1. The zero-order chi connectivity index (χ0) is 10.7. The van der Waals surface area contributed by atoms with E-state index in [9.17, 15) is 9.18 Å². The van der Waals surface area contributed by atoms with Crippen molar-refractivity contribution in [1.82, 2.24) is 4.98 Å². The average molecular weight is 217 g/mol. The van der Waals surface area contributed by atoms with Gasteiger partial charge in [0.1, 0.15) is 5.15 Å². The van der Waals surface area contributed by atoms with Gasteiger partial charge in [-0.15, -0.1) is 0 Å². The lowest BCUT2D eigenvalue weighted by Crippen LogP contribution is -2.21. The van der Waals surface area contributed by atoms with Crippen molar-refractivity contribution >= 4 is 23.2 Å². The van der Waals surface area contributed by atoms with E-state index in [-0.39, 0.29) is 5.15 Å². The Bertz CT molecular complexity index is 334. The minimum absolute atomic E-state index is 0.270. The molecule has 76 valence electrons. The lowest BCUT2D eigenvalue weighted by molar-refractivity contribution is -0.120. The summed E-state index contributed by atoms with van der Waals surface area (Å²) in [6.45, 7) is 2.91. The quantitative estimate of drug-likeness (QED) is 0.771. The Morgan fingerprint density at radius 2 is 2.29 bits per heavy atom. The number of pyridine rings is 1. The summed E-state index contributed by atoms with van der Waals surface area (Å²) in [4.78, 5) is 14.9. The van der Waals surface area contributed by atoms with E-state index in [4.69, 9.17) is 11.6 Å². The summed E-state index contributed by atoms with van der Waals surface area (Å²) in [5.41, 5.74) is 1.12. The molecule has 1 unspecified atom stereocenters. The Kier molecular flexibility index (Phi) is 3.41. The number of hydrogen-bond acceptors (Lipinski definition) is 2. The van der Waals surface area contributed by atoms with Crippen LogP contribution in [0, 0.1) is 6.92 Å². The monoisotopic (exact) mass is 216 g/mol. The van der Waals surface area contributed by atoms with E-state index in [1.807, 2.05) is 0 Å². The van der Waals surface area contributed by atoms with Crippen LogP contribution in [-0.4, -0.2) is 17.1 Å². The van der Waals surface area contributed by atoms with Gasteiger partial charge in [0.25, 0.3) is 5.91 Å². The van der Waals surface area contributed by atoms with Crippen LogP contribution in [0.3, 0.4) is 0 Å². The van der Waals surface area contributed by atoms with Crippen LogP contribution in [0.5, 0.6) is 0 Å². The van der Waals surface area contributed by atoms with Crippen molar-refractivity contribution in [3.8, 4) is 0 Å². The first-order chi connectivity index (χ1) is 6.49. The molecule has 0 aliphatic heterocycles. The van der Waals surface area contributed by atoms with Crippen LogP contribution in [0.15, 0.2) is 12.1 Å². The molecule has 0 bridgehead atoms. The maximum absolute atomic E-state index is 12.5. The molecule has 0 aliphatic carbocycles. The molecule has 0 saturated carbocycles. The fraction of sp³-hybridized carbons (Fsp3) is 0.333. The largest absolute Gasteiger partial charge is 0.323 e. The Hall–Kier alpha value is -1.16. The summed E-state index contributed by atoms with van der Waals surface area (Å²) in [6, 6.07) is 3.08. The third-order valence-electron chi connectivity index (χ3n) is 1.55. The number of alkyl halides is 1. The van der Waals surface area contributed by atoms with E-state index in [0.29, 0.717) is 11.4 Å². The molecule has 1 rings (SSSR count). The molecule has 1 heterocycles. The minimum atomic E-state index is -1.54. The van der Waals surface area contributed by atoms with Gasteiger partial charge < -0.3 is 5.32 Å². The van der Waals surface area contributed by atoms with Gasteiger partial charge in [-0.25, -0.2) is 9.37 Å². The fourth-order valence-corrected chi connectivity index (χ4v) is 1.19. The fourth-order valence-electron chi connectivity index (χ4n) is 0.942. The van der Waals surface area contributed by atoms with Gasteiger partial charge >= 0.3 is 0 Å². The van der Waals surface area contributed by atoms with E-state index in [2.05, 4.69) is 10.3 Å². The molecular weight excluding hydrogens is 207 g/mol. The number of halogens is 2. The number of aromatic nitrogens is 1.